The maximum absolute atomic E-state index is 8.65. The Kier molecular flexibility index (Phi) is 9.57. The molecule has 1 aromatic rings. The van der Waals surface area contributed by atoms with Crippen LogP contribution in [0.4, 0.5) is 0 Å². The molecule has 3 rings (SSSR count). The summed E-state index contributed by atoms with van der Waals surface area (Å²) in [5, 5.41) is 17.3. The fourth-order valence-corrected chi connectivity index (χ4v) is 1.76. The van der Waals surface area contributed by atoms with E-state index in [1.807, 2.05) is 0 Å². The number of likely N-dealkylation sites (N-methyl/N-ethyl adjacent to an activating group) is 2. The topological polar surface area (TPSA) is 65.4 Å². The van der Waals surface area contributed by atoms with E-state index in [9.17, 15) is 0 Å². The second kappa shape index (κ2) is 11.3. The minimum atomic E-state index is 0.169. The van der Waals surface area contributed by atoms with Crippen molar-refractivity contribution in [3.63, 3.8) is 0 Å². The van der Waals surface area contributed by atoms with Crippen molar-refractivity contribution in [2.24, 2.45) is 0 Å². The maximum Gasteiger partial charge on any atom is 0.115 e. The molecule has 0 radical (unpaired) electrons. The summed E-state index contributed by atoms with van der Waals surface area (Å²) >= 11 is 0. The molecule has 2 N–H and O–H groups in total. The van der Waals surface area contributed by atoms with Crippen LogP contribution in [0.2, 0.25) is 0 Å². The van der Waals surface area contributed by atoms with Crippen molar-refractivity contribution < 1.29 is 19.7 Å². The Labute approximate surface area is 132 Å². The van der Waals surface area contributed by atoms with Gasteiger partial charge >= 0.3 is 0 Å². The highest BCUT2D eigenvalue weighted by atomic mass is 16.5. The van der Waals surface area contributed by atoms with E-state index in [4.69, 9.17) is 19.7 Å². The fraction of sp³-hybridized carbons (Fsp3) is 0.625. The molecule has 0 atom stereocenters. The number of phenolic OH excluding ortho intramolecular Hbond substituents is 2. The number of hydrogen-bond acceptors (Lipinski definition) is 6. The normalized spacial score (nSPS) is 19.4. The van der Waals surface area contributed by atoms with Crippen LogP contribution in [0.1, 0.15) is 0 Å². The van der Waals surface area contributed by atoms with Crippen LogP contribution in [0.3, 0.4) is 0 Å². The number of hydrogen-bond donors (Lipinski definition) is 2. The van der Waals surface area contributed by atoms with E-state index in [2.05, 4.69) is 23.9 Å². The van der Waals surface area contributed by atoms with Gasteiger partial charge in [-0.15, -0.1) is 0 Å². The molecule has 126 valence electrons. The van der Waals surface area contributed by atoms with Gasteiger partial charge in [0, 0.05) is 26.2 Å². The second-order valence-electron chi connectivity index (χ2n) is 5.35. The molecule has 2 saturated heterocycles. The number of nitrogens with zero attached hydrogens (tertiary/aromatic N) is 2. The van der Waals surface area contributed by atoms with Gasteiger partial charge in [0.1, 0.15) is 11.5 Å². The highest BCUT2D eigenvalue weighted by molar-refractivity contribution is 5.28. The average Bonchev–Trinajstić information content (AvgIpc) is 2.53. The van der Waals surface area contributed by atoms with Crippen LogP contribution >= 0.6 is 0 Å². The lowest BCUT2D eigenvalue weighted by atomic mass is 10.3. The summed E-state index contributed by atoms with van der Waals surface area (Å²) in [6, 6.07) is 5.70. The Morgan fingerprint density at radius 2 is 0.955 bits per heavy atom. The number of phenols is 2. The SMILES string of the molecule is CN1CCOCC1.CN1CCOCC1.Oc1ccc(O)cc1. The maximum atomic E-state index is 8.65. The van der Waals surface area contributed by atoms with Gasteiger partial charge in [-0.05, 0) is 38.4 Å². The highest BCUT2D eigenvalue weighted by Crippen LogP contribution is 2.13. The van der Waals surface area contributed by atoms with E-state index in [1.165, 1.54) is 24.3 Å². The van der Waals surface area contributed by atoms with Crippen LogP contribution in [-0.2, 0) is 9.47 Å². The molecular weight excluding hydrogens is 284 g/mol. The molecule has 0 aliphatic carbocycles. The summed E-state index contributed by atoms with van der Waals surface area (Å²) in [4.78, 5) is 4.53. The van der Waals surface area contributed by atoms with Crippen molar-refractivity contribution in [3.8, 4) is 11.5 Å². The first-order valence-electron chi connectivity index (χ1n) is 7.58. The van der Waals surface area contributed by atoms with Gasteiger partial charge in [-0.2, -0.15) is 0 Å². The van der Waals surface area contributed by atoms with Gasteiger partial charge in [-0.1, -0.05) is 0 Å². The summed E-state index contributed by atoms with van der Waals surface area (Å²) in [6.07, 6.45) is 0. The molecule has 0 aromatic heterocycles. The standard InChI is InChI=1S/C6H6O2.2C5H11NO/c7-5-1-2-6(8)4-3-5;2*1-6-2-4-7-5-3-6/h1-4,7-8H;2*2-5H2,1H3. The third-order valence-corrected chi connectivity index (χ3v) is 3.32. The lowest BCUT2D eigenvalue weighted by molar-refractivity contribution is 0.0502. The molecular formula is C16H28N2O4. The van der Waals surface area contributed by atoms with Gasteiger partial charge in [0.2, 0.25) is 0 Å². The Morgan fingerprint density at radius 3 is 1.14 bits per heavy atom. The first-order valence-corrected chi connectivity index (χ1v) is 7.58. The van der Waals surface area contributed by atoms with Crippen LogP contribution in [0.5, 0.6) is 11.5 Å². The molecule has 6 nitrogen and oxygen atoms in total. The summed E-state index contributed by atoms with van der Waals surface area (Å²) in [7, 11) is 4.23. The zero-order valence-corrected chi connectivity index (χ0v) is 13.6. The lowest BCUT2D eigenvalue weighted by Gasteiger charge is -2.21. The highest BCUT2D eigenvalue weighted by Gasteiger charge is 2.02. The third-order valence-electron chi connectivity index (χ3n) is 3.32. The molecule has 1 aromatic carbocycles. The Hall–Kier alpha value is -1.34. The smallest absolute Gasteiger partial charge is 0.115 e. The van der Waals surface area contributed by atoms with Crippen molar-refractivity contribution in [2.75, 3.05) is 66.7 Å². The molecule has 6 heteroatoms. The van der Waals surface area contributed by atoms with E-state index in [1.54, 1.807) is 0 Å². The minimum absolute atomic E-state index is 0.169. The summed E-state index contributed by atoms with van der Waals surface area (Å²) in [6.45, 7) is 8.04. The van der Waals surface area contributed by atoms with Crippen LogP contribution in [0.25, 0.3) is 0 Å². The zero-order chi connectivity index (χ0) is 16.2. The third kappa shape index (κ3) is 9.57. The molecule has 2 heterocycles. The van der Waals surface area contributed by atoms with E-state index in [-0.39, 0.29) is 11.5 Å². The van der Waals surface area contributed by atoms with Crippen molar-refractivity contribution in [1.29, 1.82) is 0 Å². The summed E-state index contributed by atoms with van der Waals surface area (Å²) in [5.74, 6) is 0.339. The Bertz CT molecular complexity index is 337. The predicted octanol–water partition coefficient (Wildman–Crippen LogP) is 0.995. The number of benzene rings is 1. The van der Waals surface area contributed by atoms with Gasteiger partial charge in [0.05, 0.1) is 26.4 Å². The van der Waals surface area contributed by atoms with Gasteiger partial charge in [-0.3, -0.25) is 0 Å². The molecule has 2 fully saturated rings. The summed E-state index contributed by atoms with van der Waals surface area (Å²) < 4.78 is 10.2. The number of rotatable bonds is 0. The predicted molar refractivity (Wildman–Crippen MR) is 86.4 cm³/mol. The van der Waals surface area contributed by atoms with Crippen LogP contribution in [0.15, 0.2) is 24.3 Å². The molecule has 0 bridgehead atoms. The first-order chi connectivity index (χ1) is 10.6. The molecule has 22 heavy (non-hydrogen) atoms. The van der Waals surface area contributed by atoms with Gasteiger partial charge < -0.3 is 29.5 Å². The molecule has 0 amide bonds. The van der Waals surface area contributed by atoms with E-state index in [0.29, 0.717) is 0 Å². The second-order valence-corrected chi connectivity index (χ2v) is 5.35. The van der Waals surface area contributed by atoms with Crippen molar-refractivity contribution in [2.45, 2.75) is 0 Å². The van der Waals surface area contributed by atoms with Crippen LogP contribution in [0, 0.1) is 0 Å². The molecule has 0 unspecified atom stereocenters. The summed E-state index contributed by atoms with van der Waals surface area (Å²) in [5.41, 5.74) is 0. The monoisotopic (exact) mass is 312 g/mol. The number of aromatic hydroxyl groups is 2. The molecule has 2 aliphatic heterocycles. The number of ether oxygens (including phenoxy) is 2. The molecule has 0 spiro atoms. The minimum Gasteiger partial charge on any atom is -0.508 e. The van der Waals surface area contributed by atoms with Gasteiger partial charge in [-0.25, -0.2) is 0 Å². The van der Waals surface area contributed by atoms with Crippen molar-refractivity contribution >= 4 is 0 Å². The van der Waals surface area contributed by atoms with Crippen molar-refractivity contribution in [3.05, 3.63) is 24.3 Å². The van der Waals surface area contributed by atoms with E-state index >= 15 is 0 Å². The quantitative estimate of drug-likeness (QED) is 0.697. The Balaban J connectivity index is 0.000000166. The van der Waals surface area contributed by atoms with Crippen LogP contribution in [-0.4, -0.2) is 86.7 Å². The van der Waals surface area contributed by atoms with Crippen LogP contribution < -0.4 is 0 Å². The average molecular weight is 312 g/mol. The van der Waals surface area contributed by atoms with Crippen molar-refractivity contribution in [1.82, 2.24) is 9.80 Å². The van der Waals surface area contributed by atoms with E-state index in [0.717, 1.165) is 52.6 Å². The van der Waals surface area contributed by atoms with Gasteiger partial charge in [0.15, 0.2) is 0 Å². The largest absolute Gasteiger partial charge is 0.508 e. The van der Waals surface area contributed by atoms with Gasteiger partial charge in [0.25, 0.3) is 0 Å². The first kappa shape index (κ1) is 18.7. The lowest BCUT2D eigenvalue weighted by Crippen LogP contribution is -2.32. The number of morpholine rings is 2. The van der Waals surface area contributed by atoms with E-state index < -0.39 is 0 Å². The zero-order valence-electron chi connectivity index (χ0n) is 13.6. The Morgan fingerprint density at radius 1 is 0.682 bits per heavy atom. The fourth-order valence-electron chi connectivity index (χ4n) is 1.76. The molecule has 0 saturated carbocycles. The molecule has 2 aliphatic rings.